The fourth-order valence-corrected chi connectivity index (χ4v) is 7.76. The third-order valence-corrected chi connectivity index (χ3v) is 10.7. The van der Waals surface area contributed by atoms with Crippen LogP contribution in [-0.2, 0) is 0 Å². The number of aliphatic imine (C=N–C) groups is 1. The smallest absolute Gasteiger partial charge is 0.163 e. The van der Waals surface area contributed by atoms with Gasteiger partial charge in [-0.3, -0.25) is 9.79 Å². The molecule has 0 aliphatic heterocycles. The molecule has 4 atom stereocenters. The summed E-state index contributed by atoms with van der Waals surface area (Å²) in [4.78, 5) is 17.4. The second-order valence-corrected chi connectivity index (χ2v) is 14.6. The molecule has 0 spiro atoms. The summed E-state index contributed by atoms with van der Waals surface area (Å²) in [6.45, 7) is 29.4. The van der Waals surface area contributed by atoms with Gasteiger partial charge in [-0.1, -0.05) is 148 Å². The van der Waals surface area contributed by atoms with Crippen molar-refractivity contribution in [3.63, 3.8) is 0 Å². The van der Waals surface area contributed by atoms with Crippen LogP contribution in [0, 0.1) is 37.5 Å². The first-order valence-corrected chi connectivity index (χ1v) is 21.6. The average Bonchev–Trinajstić information content (AvgIpc) is 3.17. The summed E-state index contributed by atoms with van der Waals surface area (Å²) in [6, 6.07) is 14.6. The van der Waals surface area contributed by atoms with Gasteiger partial charge in [0.25, 0.3) is 0 Å². The van der Waals surface area contributed by atoms with Gasteiger partial charge in [0.15, 0.2) is 5.78 Å². The van der Waals surface area contributed by atoms with E-state index in [-0.39, 0.29) is 0 Å². The van der Waals surface area contributed by atoms with E-state index in [4.69, 9.17) is 0 Å². The molecular formula is C51H81NO. The molecular weight excluding hydrogens is 643 g/mol. The van der Waals surface area contributed by atoms with E-state index in [9.17, 15) is 4.79 Å². The minimum atomic E-state index is 0.306. The Bertz CT molecular complexity index is 1360. The molecule has 53 heavy (non-hydrogen) atoms. The highest BCUT2D eigenvalue weighted by molar-refractivity contribution is 5.99. The Labute approximate surface area is 329 Å². The maximum atomic E-state index is 13.1. The van der Waals surface area contributed by atoms with Crippen LogP contribution in [0.2, 0.25) is 0 Å². The Balaban J connectivity index is 0.00000177. The second-order valence-electron chi connectivity index (χ2n) is 14.6. The summed E-state index contributed by atoms with van der Waals surface area (Å²) >= 11 is 0. The SMILES string of the molecule is C/C=C/c1ccccc1.C=C=C(CCC)c1cc(C)c(C(=O)CCCCC[C@@H](C)C2CCC(CCC/C(=C/N=CC)CC)C(C)C2)c(C)c1.CC.CC. The molecule has 0 amide bonds. The molecule has 2 aromatic rings. The molecule has 0 bridgehead atoms. The predicted molar refractivity (Wildman–Crippen MR) is 240 cm³/mol. The summed E-state index contributed by atoms with van der Waals surface area (Å²) in [6.07, 6.45) is 24.7. The van der Waals surface area contributed by atoms with Crippen LogP contribution in [0.5, 0.6) is 0 Å². The van der Waals surface area contributed by atoms with Gasteiger partial charge in [-0.2, -0.15) is 0 Å². The predicted octanol–water partition coefficient (Wildman–Crippen LogP) is 16.4. The van der Waals surface area contributed by atoms with Crippen molar-refractivity contribution in [2.75, 3.05) is 0 Å². The highest BCUT2D eigenvalue weighted by Crippen LogP contribution is 2.41. The lowest BCUT2D eigenvalue weighted by molar-refractivity contribution is 0.0977. The molecule has 3 unspecified atom stereocenters. The van der Waals surface area contributed by atoms with Crippen molar-refractivity contribution in [3.05, 3.63) is 100 Å². The molecule has 2 heteroatoms. The fraction of sp³-hybridized carbons (Fsp3) is 0.588. The zero-order valence-electron chi connectivity index (χ0n) is 36.6. The zero-order chi connectivity index (χ0) is 40.0. The number of unbranched alkanes of at least 4 members (excludes halogenated alkanes) is 2. The lowest BCUT2D eigenvalue weighted by atomic mass is 9.69. The number of Topliss-reactive ketones (excluding diaryl/α,β-unsaturated/α-hetero) is 1. The quantitative estimate of drug-likeness (QED) is 0.0652. The van der Waals surface area contributed by atoms with Crippen LogP contribution in [0.3, 0.4) is 0 Å². The summed E-state index contributed by atoms with van der Waals surface area (Å²) in [5.41, 5.74) is 11.3. The monoisotopic (exact) mass is 724 g/mol. The normalized spacial score (nSPS) is 17.4. The Kier molecular flexibility index (Phi) is 29.3. The first-order chi connectivity index (χ1) is 25.7. The van der Waals surface area contributed by atoms with Gasteiger partial charge < -0.3 is 0 Å². The maximum Gasteiger partial charge on any atom is 0.163 e. The summed E-state index contributed by atoms with van der Waals surface area (Å²) in [7, 11) is 0. The molecule has 2 nitrogen and oxygen atoms in total. The van der Waals surface area contributed by atoms with Crippen LogP contribution in [0.1, 0.15) is 192 Å². The first kappa shape index (κ1) is 49.8. The number of hydrogen-bond acceptors (Lipinski definition) is 2. The van der Waals surface area contributed by atoms with E-state index in [1.807, 2.05) is 72.0 Å². The van der Waals surface area contributed by atoms with Crippen molar-refractivity contribution < 1.29 is 4.79 Å². The van der Waals surface area contributed by atoms with E-state index in [1.54, 1.807) is 0 Å². The Morgan fingerprint density at radius 3 is 2.13 bits per heavy atom. The van der Waals surface area contributed by atoms with Crippen LogP contribution in [-0.4, -0.2) is 12.0 Å². The number of rotatable bonds is 18. The number of allylic oxidation sites excluding steroid dienone is 3. The number of benzene rings is 2. The number of carbonyl (C=O) groups is 1. The molecule has 0 heterocycles. The fourth-order valence-electron chi connectivity index (χ4n) is 7.76. The van der Waals surface area contributed by atoms with Crippen LogP contribution in [0.4, 0.5) is 0 Å². The largest absolute Gasteiger partial charge is 0.294 e. The van der Waals surface area contributed by atoms with E-state index in [0.717, 1.165) is 78.0 Å². The number of hydrogen-bond donors (Lipinski definition) is 0. The molecule has 0 N–H and O–H groups in total. The van der Waals surface area contributed by atoms with Crippen molar-refractivity contribution >= 4 is 23.6 Å². The van der Waals surface area contributed by atoms with E-state index in [1.165, 1.54) is 68.1 Å². The summed E-state index contributed by atoms with van der Waals surface area (Å²) < 4.78 is 0. The molecule has 1 fully saturated rings. The Morgan fingerprint density at radius 1 is 0.925 bits per heavy atom. The number of carbonyl (C=O) groups excluding carboxylic acids is 1. The van der Waals surface area contributed by atoms with Crippen molar-refractivity contribution in [3.8, 4) is 0 Å². The second kappa shape index (κ2) is 31.2. The molecule has 296 valence electrons. The molecule has 0 saturated heterocycles. The lowest BCUT2D eigenvalue weighted by Gasteiger charge is -2.37. The van der Waals surface area contributed by atoms with Gasteiger partial charge in [0.2, 0.25) is 0 Å². The van der Waals surface area contributed by atoms with Gasteiger partial charge in [0.05, 0.1) is 0 Å². The van der Waals surface area contributed by atoms with Crippen LogP contribution in [0.15, 0.2) is 77.6 Å². The number of aryl methyl sites for hydroxylation is 2. The van der Waals surface area contributed by atoms with Crippen molar-refractivity contribution in [2.45, 2.75) is 173 Å². The van der Waals surface area contributed by atoms with Crippen molar-refractivity contribution in [1.82, 2.24) is 0 Å². The molecule has 3 rings (SSSR count). The number of nitrogens with zero attached hydrogens (tertiary/aromatic N) is 1. The van der Waals surface area contributed by atoms with Gasteiger partial charge in [0.1, 0.15) is 0 Å². The Hall–Kier alpha value is -3.22. The van der Waals surface area contributed by atoms with Gasteiger partial charge in [0, 0.05) is 30.0 Å². The van der Waals surface area contributed by atoms with Gasteiger partial charge in [-0.05, 0) is 131 Å². The highest BCUT2D eigenvalue weighted by atomic mass is 16.1. The molecule has 1 saturated carbocycles. The van der Waals surface area contributed by atoms with Crippen LogP contribution in [0.25, 0.3) is 11.6 Å². The van der Waals surface area contributed by atoms with Crippen molar-refractivity contribution in [2.24, 2.45) is 28.7 Å². The standard InChI is InChI=1S/C38H59NO.C9H10.2C2H6/c1-9-17-33(11-3)36-25-30(7)38(31(8)26-36)37(40)21-15-13-14-18-28(5)35-23-22-34(29(6)24-35)20-16-19-32(10-2)27-39-12-4;1-2-6-9-7-4-3-5-8-9;2*1-2/h12,25-29,34-35H,3,9-10,13-24H2,1-2,4-8H3;2-8H,1H3;2*1-2H3/b32-27+,39-12?;6-2+;;/t28-,29?,34?,35?;;;/m1.../s1. The van der Waals surface area contributed by atoms with Gasteiger partial charge in [-0.25, -0.2) is 0 Å². The average molecular weight is 724 g/mol. The topological polar surface area (TPSA) is 29.4 Å². The number of ketones is 1. The van der Waals surface area contributed by atoms with Crippen molar-refractivity contribution in [1.29, 1.82) is 0 Å². The van der Waals surface area contributed by atoms with Gasteiger partial charge in [-0.15, -0.1) is 5.73 Å². The highest BCUT2D eigenvalue weighted by Gasteiger charge is 2.30. The van der Waals surface area contributed by atoms with E-state index < -0.39 is 0 Å². The minimum absolute atomic E-state index is 0.306. The molecule has 0 radical (unpaired) electrons. The third-order valence-electron chi connectivity index (χ3n) is 10.7. The van der Waals surface area contributed by atoms with Crippen LogP contribution < -0.4 is 0 Å². The minimum Gasteiger partial charge on any atom is -0.294 e. The molecule has 0 aromatic heterocycles. The zero-order valence-corrected chi connectivity index (χ0v) is 36.6. The van der Waals surface area contributed by atoms with Crippen LogP contribution >= 0.6 is 0 Å². The van der Waals surface area contributed by atoms with E-state index >= 15 is 0 Å². The molecule has 2 aromatic carbocycles. The van der Waals surface area contributed by atoms with E-state index in [0.29, 0.717) is 12.2 Å². The van der Waals surface area contributed by atoms with E-state index in [2.05, 4.69) is 95.4 Å². The lowest BCUT2D eigenvalue weighted by Crippen LogP contribution is -2.26. The maximum absolute atomic E-state index is 13.1. The molecule has 1 aliphatic rings. The molecule has 1 aliphatic carbocycles. The summed E-state index contributed by atoms with van der Waals surface area (Å²) in [5, 5.41) is 0. The third kappa shape index (κ3) is 19.6. The first-order valence-electron chi connectivity index (χ1n) is 21.6. The van der Waals surface area contributed by atoms with Gasteiger partial charge >= 0.3 is 0 Å². The Morgan fingerprint density at radius 2 is 1.58 bits per heavy atom. The summed E-state index contributed by atoms with van der Waals surface area (Å²) in [5.74, 6) is 3.73.